The van der Waals surface area contributed by atoms with Crippen LogP contribution in [0.4, 0.5) is 0 Å². The number of hydrogen-bond acceptors (Lipinski definition) is 3. The van der Waals surface area contributed by atoms with Gasteiger partial charge in [-0.1, -0.05) is 79.5 Å². The van der Waals surface area contributed by atoms with Gasteiger partial charge in [0.2, 0.25) is 5.91 Å². The molecule has 0 spiro atoms. The Morgan fingerprint density at radius 3 is 2.29 bits per heavy atom. The van der Waals surface area contributed by atoms with E-state index < -0.39 is 6.04 Å². The summed E-state index contributed by atoms with van der Waals surface area (Å²) in [5.41, 5.74) is 2.77. The van der Waals surface area contributed by atoms with Crippen molar-refractivity contribution < 1.29 is 14.3 Å². The summed E-state index contributed by atoms with van der Waals surface area (Å²) in [5, 5.41) is 3.89. The van der Waals surface area contributed by atoms with Gasteiger partial charge >= 0.3 is 0 Å². The van der Waals surface area contributed by atoms with Crippen LogP contribution in [0.25, 0.3) is 0 Å². The number of carbonyl (C=O) groups excluding carboxylic acids is 2. The fraction of sp³-hybridized carbons (Fsp3) is 0.333. The van der Waals surface area contributed by atoms with Crippen molar-refractivity contribution in [3.05, 3.63) is 97.9 Å². The monoisotopic (exact) mass is 618 g/mol. The Hall–Kier alpha value is -2.54. The number of hydrogen-bond donors (Lipinski definition) is 1. The van der Waals surface area contributed by atoms with Gasteiger partial charge in [-0.25, -0.2) is 0 Å². The van der Waals surface area contributed by atoms with Crippen LogP contribution in [0.2, 0.25) is 10.0 Å². The summed E-state index contributed by atoms with van der Waals surface area (Å²) >= 11 is 16.1. The fourth-order valence-corrected chi connectivity index (χ4v) is 4.96. The summed E-state index contributed by atoms with van der Waals surface area (Å²) in [7, 11) is 0. The molecule has 0 bridgehead atoms. The SMILES string of the molecule is CC(C)NC(=O)[C@@H](Cc1ccccc1)N(Cc1ccc(Cl)cc1Cl)C(=O)COc1ccc(C(C)C)cc1Br. The molecule has 0 radical (unpaired) electrons. The largest absolute Gasteiger partial charge is 0.483 e. The summed E-state index contributed by atoms with van der Waals surface area (Å²) in [4.78, 5) is 28.7. The predicted octanol–water partition coefficient (Wildman–Crippen LogP) is 7.42. The van der Waals surface area contributed by atoms with Gasteiger partial charge in [0, 0.05) is 29.1 Å². The van der Waals surface area contributed by atoms with Gasteiger partial charge in [0.15, 0.2) is 6.61 Å². The van der Waals surface area contributed by atoms with E-state index in [9.17, 15) is 9.59 Å². The summed E-state index contributed by atoms with van der Waals surface area (Å²) < 4.78 is 6.70. The van der Waals surface area contributed by atoms with Crippen LogP contribution in [-0.2, 0) is 22.6 Å². The average Bonchev–Trinajstić information content (AvgIpc) is 2.86. The minimum absolute atomic E-state index is 0.0940. The molecule has 38 heavy (non-hydrogen) atoms. The molecule has 0 unspecified atom stereocenters. The molecular weight excluding hydrogens is 587 g/mol. The van der Waals surface area contributed by atoms with Crippen molar-refractivity contribution in [1.29, 1.82) is 0 Å². The Bertz CT molecular complexity index is 1250. The highest BCUT2D eigenvalue weighted by Crippen LogP contribution is 2.29. The molecule has 0 fully saturated rings. The molecule has 0 aliphatic carbocycles. The van der Waals surface area contributed by atoms with E-state index in [4.69, 9.17) is 27.9 Å². The molecule has 3 rings (SSSR count). The molecule has 0 aromatic heterocycles. The number of rotatable bonds is 11. The van der Waals surface area contributed by atoms with Gasteiger partial charge in [-0.3, -0.25) is 9.59 Å². The van der Waals surface area contributed by atoms with E-state index in [1.54, 1.807) is 18.2 Å². The second kappa shape index (κ2) is 14.0. The maximum absolute atomic E-state index is 13.7. The lowest BCUT2D eigenvalue weighted by Crippen LogP contribution is -2.52. The molecule has 1 N–H and O–H groups in total. The van der Waals surface area contributed by atoms with Crippen molar-refractivity contribution in [2.24, 2.45) is 0 Å². The molecule has 3 aromatic carbocycles. The fourth-order valence-electron chi connectivity index (χ4n) is 3.98. The van der Waals surface area contributed by atoms with Gasteiger partial charge in [0.1, 0.15) is 11.8 Å². The third-order valence-electron chi connectivity index (χ3n) is 6.03. The van der Waals surface area contributed by atoms with Crippen molar-refractivity contribution in [3.63, 3.8) is 0 Å². The van der Waals surface area contributed by atoms with E-state index in [2.05, 4.69) is 35.1 Å². The summed E-state index contributed by atoms with van der Waals surface area (Å²) in [6.07, 6.45) is 0.336. The molecule has 2 amide bonds. The maximum Gasteiger partial charge on any atom is 0.261 e. The summed E-state index contributed by atoms with van der Waals surface area (Å²) in [5.74, 6) is 0.332. The first-order valence-corrected chi connectivity index (χ1v) is 14.1. The lowest BCUT2D eigenvalue weighted by Gasteiger charge is -2.32. The minimum atomic E-state index is -0.783. The van der Waals surface area contributed by atoms with Crippen molar-refractivity contribution in [2.75, 3.05) is 6.61 Å². The highest BCUT2D eigenvalue weighted by molar-refractivity contribution is 9.10. The topological polar surface area (TPSA) is 58.6 Å². The standard InChI is InChI=1S/C30H33BrCl2N2O3/c1-19(2)22-11-13-28(25(31)15-22)38-18-29(36)35(17-23-10-12-24(32)16-26(23)33)27(30(37)34-20(3)4)14-21-8-6-5-7-9-21/h5-13,15-16,19-20,27H,14,17-18H2,1-4H3,(H,34,37)/t27-/m1/s1. The van der Waals surface area contributed by atoms with Crippen molar-refractivity contribution in [1.82, 2.24) is 10.2 Å². The minimum Gasteiger partial charge on any atom is -0.483 e. The summed E-state index contributed by atoms with van der Waals surface area (Å²) in [6, 6.07) is 19.7. The third kappa shape index (κ3) is 8.48. The van der Waals surface area contributed by atoms with Gasteiger partial charge in [-0.05, 0) is 76.7 Å². The van der Waals surface area contributed by atoms with E-state index in [1.165, 1.54) is 4.90 Å². The number of amides is 2. The number of carbonyl (C=O) groups is 2. The third-order valence-corrected chi connectivity index (χ3v) is 7.24. The molecule has 1 atom stereocenters. The molecule has 0 aliphatic heterocycles. The number of ether oxygens (including phenoxy) is 1. The van der Waals surface area contributed by atoms with E-state index >= 15 is 0 Å². The number of nitrogens with one attached hydrogen (secondary N) is 1. The first-order chi connectivity index (χ1) is 18.0. The van der Waals surface area contributed by atoms with Crippen molar-refractivity contribution in [2.45, 2.75) is 58.7 Å². The Balaban J connectivity index is 1.93. The van der Waals surface area contributed by atoms with E-state index in [1.807, 2.05) is 62.4 Å². The van der Waals surface area contributed by atoms with Crippen LogP contribution in [0.3, 0.4) is 0 Å². The van der Waals surface area contributed by atoms with Gasteiger partial charge in [-0.15, -0.1) is 0 Å². The zero-order valence-electron chi connectivity index (χ0n) is 22.0. The molecule has 8 heteroatoms. The molecule has 0 saturated carbocycles. The number of nitrogens with zero attached hydrogens (tertiary/aromatic N) is 1. The van der Waals surface area contributed by atoms with Crippen LogP contribution >= 0.6 is 39.1 Å². The molecule has 5 nitrogen and oxygen atoms in total. The first kappa shape index (κ1) is 30.0. The second-order valence-corrected chi connectivity index (χ2v) is 11.5. The second-order valence-electron chi connectivity index (χ2n) is 9.76. The zero-order chi connectivity index (χ0) is 27.8. The molecule has 0 aliphatic rings. The van der Waals surface area contributed by atoms with Crippen LogP contribution in [0.5, 0.6) is 5.75 Å². The number of halogens is 3. The quantitative estimate of drug-likeness (QED) is 0.243. The smallest absolute Gasteiger partial charge is 0.261 e. The van der Waals surface area contributed by atoms with Crippen LogP contribution in [-0.4, -0.2) is 35.4 Å². The lowest BCUT2D eigenvalue weighted by atomic mass is 10.0. The van der Waals surface area contributed by atoms with E-state index in [-0.39, 0.29) is 31.0 Å². The van der Waals surface area contributed by atoms with Crippen LogP contribution < -0.4 is 10.1 Å². The van der Waals surface area contributed by atoms with Crippen molar-refractivity contribution in [3.8, 4) is 5.75 Å². The highest BCUT2D eigenvalue weighted by atomic mass is 79.9. The Morgan fingerprint density at radius 1 is 0.974 bits per heavy atom. The molecular formula is C30H33BrCl2N2O3. The van der Waals surface area contributed by atoms with Crippen LogP contribution in [0.15, 0.2) is 71.2 Å². The lowest BCUT2D eigenvalue weighted by molar-refractivity contribution is -0.143. The summed E-state index contributed by atoms with van der Waals surface area (Å²) in [6.45, 7) is 7.88. The Labute approximate surface area is 243 Å². The van der Waals surface area contributed by atoms with Gasteiger partial charge in [0.25, 0.3) is 5.91 Å². The normalized spacial score (nSPS) is 11.9. The molecule has 0 heterocycles. The Kier molecular flexibility index (Phi) is 11.1. The first-order valence-electron chi connectivity index (χ1n) is 12.5. The predicted molar refractivity (Wildman–Crippen MR) is 158 cm³/mol. The zero-order valence-corrected chi connectivity index (χ0v) is 25.1. The molecule has 202 valence electrons. The van der Waals surface area contributed by atoms with Crippen molar-refractivity contribution >= 4 is 50.9 Å². The van der Waals surface area contributed by atoms with Gasteiger partial charge in [-0.2, -0.15) is 0 Å². The van der Waals surface area contributed by atoms with Crippen LogP contribution in [0.1, 0.15) is 50.3 Å². The molecule has 0 saturated heterocycles. The van der Waals surface area contributed by atoms with Gasteiger partial charge in [0.05, 0.1) is 4.47 Å². The van der Waals surface area contributed by atoms with Gasteiger partial charge < -0.3 is 15.0 Å². The maximum atomic E-state index is 13.7. The average molecular weight is 620 g/mol. The van der Waals surface area contributed by atoms with E-state index in [0.29, 0.717) is 33.7 Å². The molecule has 3 aromatic rings. The van der Waals surface area contributed by atoms with E-state index in [0.717, 1.165) is 15.6 Å². The Morgan fingerprint density at radius 2 is 1.68 bits per heavy atom. The van der Waals surface area contributed by atoms with Crippen LogP contribution in [0, 0.1) is 0 Å². The number of benzene rings is 3. The highest BCUT2D eigenvalue weighted by Gasteiger charge is 2.31.